The molecule has 1 amide bonds. The Labute approximate surface area is 202 Å². The number of methoxy groups -OCH3 is 1. The van der Waals surface area contributed by atoms with E-state index in [0.717, 1.165) is 21.3 Å². The van der Waals surface area contributed by atoms with Crippen molar-refractivity contribution < 1.29 is 18.9 Å². The van der Waals surface area contributed by atoms with E-state index < -0.39 is 4.92 Å². The summed E-state index contributed by atoms with van der Waals surface area (Å²) in [5.41, 5.74) is 3.23. The van der Waals surface area contributed by atoms with Gasteiger partial charge in [0.1, 0.15) is 17.3 Å². The number of halogens is 1. The van der Waals surface area contributed by atoms with Crippen LogP contribution in [0.2, 0.25) is 0 Å². The summed E-state index contributed by atoms with van der Waals surface area (Å²) in [5, 5.41) is 14.4. The van der Waals surface area contributed by atoms with E-state index in [-0.39, 0.29) is 11.6 Å². The van der Waals surface area contributed by atoms with Crippen molar-refractivity contribution in [2.24, 2.45) is 4.99 Å². The number of aliphatic imine (C=N–C) groups is 1. The molecular formula is C23H18BrN3O5S. The standard InChI is InChI=1S/C23H18BrN3O5S/c1-12-8-14(9-13(2)21(12)24)25-23-26-22(28)20(33-23)11-16-5-7-19(32-16)17-10-15(27(29)30)4-6-18(17)31-3/h4-11H,1-3H3,(H,25,26,28)/b20-11-. The van der Waals surface area contributed by atoms with Gasteiger partial charge in [0.05, 0.1) is 28.2 Å². The zero-order valence-electron chi connectivity index (χ0n) is 17.8. The van der Waals surface area contributed by atoms with Crippen molar-refractivity contribution in [2.75, 3.05) is 7.11 Å². The zero-order chi connectivity index (χ0) is 23.7. The molecule has 1 fully saturated rings. The van der Waals surface area contributed by atoms with E-state index >= 15 is 0 Å². The van der Waals surface area contributed by atoms with Crippen LogP contribution < -0.4 is 10.1 Å². The highest BCUT2D eigenvalue weighted by Gasteiger charge is 2.25. The number of carbonyl (C=O) groups excluding carboxylic acids is 1. The van der Waals surface area contributed by atoms with Crippen LogP contribution >= 0.6 is 27.7 Å². The molecule has 0 radical (unpaired) electrons. The number of carbonyl (C=O) groups is 1. The van der Waals surface area contributed by atoms with Gasteiger partial charge in [0.15, 0.2) is 5.17 Å². The first-order valence-electron chi connectivity index (χ1n) is 9.74. The van der Waals surface area contributed by atoms with Crippen LogP contribution in [0, 0.1) is 24.0 Å². The topological polar surface area (TPSA) is 107 Å². The lowest BCUT2D eigenvalue weighted by atomic mass is 10.1. The normalized spacial score (nSPS) is 15.8. The molecule has 2 heterocycles. The summed E-state index contributed by atoms with van der Waals surface area (Å²) in [6.45, 7) is 3.97. The van der Waals surface area contributed by atoms with Crippen molar-refractivity contribution in [1.29, 1.82) is 0 Å². The Morgan fingerprint density at radius 2 is 1.91 bits per heavy atom. The van der Waals surface area contributed by atoms with Gasteiger partial charge < -0.3 is 14.5 Å². The van der Waals surface area contributed by atoms with Crippen molar-refractivity contribution >= 4 is 56.2 Å². The van der Waals surface area contributed by atoms with Crippen LogP contribution in [0.1, 0.15) is 16.9 Å². The van der Waals surface area contributed by atoms with Crippen LogP contribution in [0.4, 0.5) is 11.4 Å². The Balaban J connectivity index is 1.60. The number of nitrogens with one attached hydrogen (secondary N) is 1. The Bertz CT molecular complexity index is 1320. The maximum atomic E-state index is 12.4. The highest BCUT2D eigenvalue weighted by Crippen LogP contribution is 2.36. The number of rotatable bonds is 5. The second-order valence-electron chi connectivity index (χ2n) is 7.22. The Morgan fingerprint density at radius 3 is 2.58 bits per heavy atom. The van der Waals surface area contributed by atoms with Crippen LogP contribution in [-0.2, 0) is 4.79 Å². The molecule has 10 heteroatoms. The minimum atomic E-state index is -0.483. The number of thioether (sulfide) groups is 1. The summed E-state index contributed by atoms with van der Waals surface area (Å²) >= 11 is 4.74. The molecule has 1 saturated heterocycles. The lowest BCUT2D eigenvalue weighted by Gasteiger charge is -2.05. The smallest absolute Gasteiger partial charge is 0.270 e. The van der Waals surface area contributed by atoms with Crippen LogP contribution in [0.25, 0.3) is 17.4 Å². The van der Waals surface area contributed by atoms with Gasteiger partial charge in [-0.05, 0) is 67.1 Å². The predicted octanol–water partition coefficient (Wildman–Crippen LogP) is 6.13. The molecule has 168 valence electrons. The van der Waals surface area contributed by atoms with Crippen LogP contribution in [0.3, 0.4) is 0 Å². The summed E-state index contributed by atoms with van der Waals surface area (Å²) in [5.74, 6) is 0.972. The van der Waals surface area contributed by atoms with E-state index in [1.807, 2.05) is 26.0 Å². The highest BCUT2D eigenvalue weighted by molar-refractivity contribution is 9.10. The number of ether oxygens (including phenoxy) is 1. The summed E-state index contributed by atoms with van der Waals surface area (Å²) in [7, 11) is 1.48. The maximum absolute atomic E-state index is 12.4. The molecule has 1 aliphatic heterocycles. The molecule has 0 unspecified atom stereocenters. The van der Waals surface area contributed by atoms with E-state index in [9.17, 15) is 14.9 Å². The highest BCUT2D eigenvalue weighted by atomic mass is 79.9. The van der Waals surface area contributed by atoms with Crippen molar-refractivity contribution in [3.8, 4) is 17.1 Å². The molecule has 2 aromatic carbocycles. The molecule has 33 heavy (non-hydrogen) atoms. The monoisotopic (exact) mass is 527 g/mol. The third-order valence-corrected chi connectivity index (χ3v) is 7.02. The molecule has 0 spiro atoms. The molecule has 3 aromatic rings. The number of amides is 1. The van der Waals surface area contributed by atoms with Gasteiger partial charge in [0, 0.05) is 22.7 Å². The number of hydrogen-bond donors (Lipinski definition) is 1. The van der Waals surface area contributed by atoms with Gasteiger partial charge >= 0.3 is 0 Å². The molecular weight excluding hydrogens is 510 g/mol. The number of non-ortho nitro benzene ring substituents is 1. The van der Waals surface area contributed by atoms with Crippen molar-refractivity contribution in [2.45, 2.75) is 13.8 Å². The largest absolute Gasteiger partial charge is 0.496 e. The average molecular weight is 528 g/mol. The van der Waals surface area contributed by atoms with Gasteiger partial charge in [-0.15, -0.1) is 0 Å². The van der Waals surface area contributed by atoms with Gasteiger partial charge in [0.2, 0.25) is 0 Å². The van der Waals surface area contributed by atoms with Crippen molar-refractivity contribution in [1.82, 2.24) is 5.32 Å². The van der Waals surface area contributed by atoms with E-state index in [4.69, 9.17) is 9.15 Å². The molecule has 0 saturated carbocycles. The molecule has 8 nitrogen and oxygen atoms in total. The van der Waals surface area contributed by atoms with Gasteiger partial charge in [-0.2, -0.15) is 0 Å². The molecule has 0 aliphatic carbocycles. The minimum Gasteiger partial charge on any atom is -0.496 e. The van der Waals surface area contributed by atoms with Crippen LogP contribution in [-0.4, -0.2) is 23.1 Å². The second-order valence-corrected chi connectivity index (χ2v) is 9.04. The first-order valence-corrected chi connectivity index (χ1v) is 11.3. The lowest BCUT2D eigenvalue weighted by molar-refractivity contribution is -0.384. The van der Waals surface area contributed by atoms with Gasteiger partial charge in [-0.3, -0.25) is 14.9 Å². The molecule has 1 aromatic heterocycles. The summed E-state index contributed by atoms with van der Waals surface area (Å²) in [6, 6.07) is 11.5. The lowest BCUT2D eigenvalue weighted by Crippen LogP contribution is -2.19. The predicted molar refractivity (Wildman–Crippen MR) is 132 cm³/mol. The number of furan rings is 1. The van der Waals surface area contributed by atoms with Crippen LogP contribution in [0.15, 0.2) is 61.3 Å². The summed E-state index contributed by atoms with van der Waals surface area (Å²) in [6.07, 6.45) is 1.61. The fourth-order valence-corrected chi connectivity index (χ4v) is 4.34. The quantitative estimate of drug-likeness (QED) is 0.242. The summed E-state index contributed by atoms with van der Waals surface area (Å²) < 4.78 is 12.2. The Hall–Kier alpha value is -3.37. The average Bonchev–Trinajstić information content (AvgIpc) is 3.38. The number of nitrogens with zero attached hydrogens (tertiary/aromatic N) is 2. The first kappa shape index (κ1) is 22.8. The third kappa shape index (κ3) is 4.86. The van der Waals surface area contributed by atoms with Crippen molar-refractivity contribution in [3.05, 3.63) is 78.8 Å². The van der Waals surface area contributed by atoms with Gasteiger partial charge in [-0.25, -0.2) is 4.99 Å². The number of amidine groups is 1. The fourth-order valence-electron chi connectivity index (χ4n) is 3.29. The Morgan fingerprint density at radius 1 is 1.18 bits per heavy atom. The molecule has 1 aliphatic rings. The third-order valence-electron chi connectivity index (χ3n) is 4.86. The fraction of sp³-hybridized carbons (Fsp3) is 0.130. The number of nitro benzene ring substituents is 1. The van der Waals surface area contributed by atoms with Gasteiger partial charge in [0.25, 0.3) is 11.6 Å². The summed E-state index contributed by atoms with van der Waals surface area (Å²) in [4.78, 5) is 28.1. The molecule has 0 atom stereocenters. The van der Waals surface area contributed by atoms with E-state index in [1.54, 1.807) is 18.2 Å². The number of benzene rings is 2. The molecule has 4 rings (SSSR count). The van der Waals surface area contributed by atoms with Crippen LogP contribution in [0.5, 0.6) is 5.75 Å². The van der Waals surface area contributed by atoms with E-state index in [0.29, 0.717) is 32.9 Å². The number of nitro groups is 1. The zero-order valence-corrected chi connectivity index (χ0v) is 20.2. The van der Waals surface area contributed by atoms with Crippen molar-refractivity contribution in [3.63, 3.8) is 0 Å². The molecule has 0 bridgehead atoms. The molecule has 1 N–H and O–H groups in total. The first-order chi connectivity index (χ1) is 15.7. The Kier molecular flexibility index (Phi) is 6.39. The second kappa shape index (κ2) is 9.24. The number of aryl methyl sites for hydroxylation is 2. The van der Waals surface area contributed by atoms with Gasteiger partial charge in [-0.1, -0.05) is 15.9 Å². The SMILES string of the molecule is COc1ccc([N+](=O)[O-])cc1-c1ccc(/C=C2\SC(=Nc3cc(C)c(Br)c(C)c3)NC2=O)o1. The maximum Gasteiger partial charge on any atom is 0.270 e. The number of hydrogen-bond acceptors (Lipinski definition) is 7. The van der Waals surface area contributed by atoms with E-state index in [1.165, 1.54) is 37.1 Å². The van der Waals surface area contributed by atoms with E-state index in [2.05, 4.69) is 26.2 Å². The minimum absolute atomic E-state index is 0.0768.